The van der Waals surface area contributed by atoms with E-state index in [1.165, 1.54) is 24.3 Å². The molecule has 8 heteroatoms. The largest absolute Gasteiger partial charge is 0.402 e. The van der Waals surface area contributed by atoms with E-state index in [1.54, 1.807) is 26.0 Å². The zero-order valence-electron chi connectivity index (χ0n) is 16.0. The van der Waals surface area contributed by atoms with Gasteiger partial charge in [0.05, 0.1) is 11.1 Å². The first kappa shape index (κ1) is 20.6. The second-order valence-corrected chi connectivity index (χ2v) is 7.04. The second kappa shape index (κ2) is 7.35. The van der Waals surface area contributed by atoms with E-state index in [0.717, 1.165) is 5.56 Å². The Balaban J connectivity index is 1.87. The third-order valence-corrected chi connectivity index (χ3v) is 4.87. The van der Waals surface area contributed by atoms with Crippen molar-refractivity contribution in [3.05, 3.63) is 69.8 Å². The molecule has 0 saturated carbocycles. The van der Waals surface area contributed by atoms with Crippen molar-refractivity contribution in [2.24, 2.45) is 5.92 Å². The molecule has 152 valence electrons. The molecule has 2 aromatic carbocycles. The Bertz CT molecular complexity index is 955. The van der Waals surface area contributed by atoms with Crippen molar-refractivity contribution in [1.29, 1.82) is 0 Å². The molecule has 1 unspecified atom stereocenters. The summed E-state index contributed by atoms with van der Waals surface area (Å²) in [5, 5.41) is 0.0978. The first-order chi connectivity index (χ1) is 13.5. The van der Waals surface area contributed by atoms with Gasteiger partial charge in [-0.25, -0.2) is 4.79 Å². The van der Waals surface area contributed by atoms with Gasteiger partial charge in [-0.15, -0.1) is 0 Å². The zero-order valence-corrected chi connectivity index (χ0v) is 16.0. The van der Waals surface area contributed by atoms with Gasteiger partial charge in [0.25, 0.3) is 11.8 Å². The number of rotatable bonds is 4. The predicted molar refractivity (Wildman–Crippen MR) is 96.9 cm³/mol. The van der Waals surface area contributed by atoms with Gasteiger partial charge in [-0.05, 0) is 56.0 Å². The molecule has 0 N–H and O–H groups in total. The van der Waals surface area contributed by atoms with Gasteiger partial charge in [0, 0.05) is 0 Å². The monoisotopic (exact) mass is 405 g/mol. The van der Waals surface area contributed by atoms with Crippen LogP contribution < -0.4 is 0 Å². The van der Waals surface area contributed by atoms with E-state index < -0.39 is 36.3 Å². The SMILES string of the molecule is Cc1cc(C)c(CC(C(=O)ON2C(=O)c3ccccc3C2=O)C(F)(F)F)c(C)c1. The molecule has 1 atom stereocenters. The van der Waals surface area contributed by atoms with Gasteiger partial charge in [0.2, 0.25) is 0 Å². The van der Waals surface area contributed by atoms with Gasteiger partial charge >= 0.3 is 12.1 Å². The molecule has 0 radical (unpaired) electrons. The number of carbonyl (C=O) groups is 3. The van der Waals surface area contributed by atoms with Gasteiger partial charge in [0.15, 0.2) is 5.92 Å². The van der Waals surface area contributed by atoms with Crippen LogP contribution in [-0.4, -0.2) is 29.0 Å². The van der Waals surface area contributed by atoms with Crippen molar-refractivity contribution in [2.75, 3.05) is 0 Å². The molecular formula is C21H18F3NO4. The summed E-state index contributed by atoms with van der Waals surface area (Å²) in [5.41, 5.74) is 2.44. The molecule has 0 saturated heterocycles. The van der Waals surface area contributed by atoms with Gasteiger partial charge in [0.1, 0.15) is 0 Å². The van der Waals surface area contributed by atoms with E-state index in [4.69, 9.17) is 0 Å². The highest BCUT2D eigenvalue weighted by atomic mass is 19.4. The van der Waals surface area contributed by atoms with Gasteiger partial charge in [-0.3, -0.25) is 9.59 Å². The lowest BCUT2D eigenvalue weighted by atomic mass is 9.91. The minimum Gasteiger partial charge on any atom is -0.329 e. The third kappa shape index (κ3) is 3.87. The van der Waals surface area contributed by atoms with Crippen LogP contribution in [-0.2, 0) is 16.1 Å². The standard InChI is InChI=1S/C21H18F3NO4/c1-11-8-12(2)16(13(3)9-11)10-17(21(22,23)24)20(28)29-25-18(26)14-6-4-5-7-15(14)19(25)27/h4-9,17H,10H2,1-3H3. The predicted octanol–water partition coefficient (Wildman–Crippen LogP) is 4.09. The molecule has 0 aliphatic carbocycles. The fourth-order valence-electron chi connectivity index (χ4n) is 3.47. The maximum absolute atomic E-state index is 13.6. The van der Waals surface area contributed by atoms with Crippen LogP contribution in [0.2, 0.25) is 0 Å². The lowest BCUT2D eigenvalue weighted by molar-refractivity contribution is -0.212. The van der Waals surface area contributed by atoms with Crippen LogP contribution in [0.4, 0.5) is 13.2 Å². The first-order valence-electron chi connectivity index (χ1n) is 8.83. The van der Waals surface area contributed by atoms with Crippen molar-refractivity contribution in [2.45, 2.75) is 33.4 Å². The number of hydroxylamine groups is 2. The van der Waals surface area contributed by atoms with Crippen LogP contribution in [0.25, 0.3) is 0 Å². The number of aryl methyl sites for hydroxylation is 3. The molecule has 29 heavy (non-hydrogen) atoms. The molecule has 0 fully saturated rings. The van der Waals surface area contributed by atoms with Crippen LogP contribution in [0.3, 0.4) is 0 Å². The topological polar surface area (TPSA) is 63.7 Å². The average molecular weight is 405 g/mol. The van der Waals surface area contributed by atoms with Gasteiger partial charge in [-0.1, -0.05) is 34.9 Å². The van der Waals surface area contributed by atoms with E-state index in [0.29, 0.717) is 16.7 Å². The van der Waals surface area contributed by atoms with Crippen LogP contribution >= 0.6 is 0 Å². The summed E-state index contributed by atoms with van der Waals surface area (Å²) in [6.07, 6.45) is -5.57. The highest BCUT2D eigenvalue weighted by Gasteiger charge is 2.49. The summed E-state index contributed by atoms with van der Waals surface area (Å²) < 4.78 is 40.9. The Hall–Kier alpha value is -3.16. The molecule has 0 aromatic heterocycles. The fourth-order valence-corrected chi connectivity index (χ4v) is 3.47. The lowest BCUT2D eigenvalue weighted by Crippen LogP contribution is -2.40. The summed E-state index contributed by atoms with van der Waals surface area (Å²) in [4.78, 5) is 41.6. The molecular weight excluding hydrogens is 387 g/mol. The molecule has 3 rings (SSSR count). The number of carbonyl (C=O) groups excluding carboxylic acids is 3. The normalized spacial score (nSPS) is 14.8. The molecule has 2 aromatic rings. The fraction of sp³-hybridized carbons (Fsp3) is 0.286. The Kier molecular flexibility index (Phi) is 5.21. The number of halogens is 3. The van der Waals surface area contributed by atoms with Crippen molar-refractivity contribution in [3.63, 3.8) is 0 Å². The number of nitrogens with zero attached hydrogens (tertiary/aromatic N) is 1. The number of amides is 2. The Morgan fingerprint density at radius 1 is 1.00 bits per heavy atom. The molecule has 2 amide bonds. The molecule has 5 nitrogen and oxygen atoms in total. The van der Waals surface area contributed by atoms with Gasteiger partial charge < -0.3 is 4.84 Å². The number of benzene rings is 2. The lowest BCUT2D eigenvalue weighted by Gasteiger charge is -2.22. The smallest absolute Gasteiger partial charge is 0.329 e. The Morgan fingerprint density at radius 2 is 1.48 bits per heavy atom. The van der Waals surface area contributed by atoms with Crippen molar-refractivity contribution in [3.8, 4) is 0 Å². The van der Waals surface area contributed by atoms with E-state index in [-0.39, 0.29) is 16.2 Å². The summed E-state index contributed by atoms with van der Waals surface area (Å²) in [7, 11) is 0. The summed E-state index contributed by atoms with van der Waals surface area (Å²) >= 11 is 0. The van der Waals surface area contributed by atoms with Crippen LogP contribution in [0.15, 0.2) is 36.4 Å². The van der Waals surface area contributed by atoms with Crippen LogP contribution in [0.5, 0.6) is 0 Å². The van der Waals surface area contributed by atoms with E-state index in [1.807, 2.05) is 6.92 Å². The summed E-state index contributed by atoms with van der Waals surface area (Å²) in [6.45, 7) is 5.15. The number of fused-ring (bicyclic) bond motifs is 1. The van der Waals surface area contributed by atoms with Crippen molar-refractivity contribution >= 4 is 17.8 Å². The highest BCUT2D eigenvalue weighted by Crippen LogP contribution is 2.33. The van der Waals surface area contributed by atoms with E-state index in [9.17, 15) is 27.6 Å². The highest BCUT2D eigenvalue weighted by molar-refractivity contribution is 6.20. The van der Waals surface area contributed by atoms with Crippen molar-refractivity contribution < 1.29 is 32.4 Å². The molecule has 1 heterocycles. The summed E-state index contributed by atoms with van der Waals surface area (Å²) in [6, 6.07) is 9.12. The third-order valence-electron chi connectivity index (χ3n) is 4.87. The second-order valence-electron chi connectivity index (χ2n) is 7.04. The number of alkyl halides is 3. The van der Waals surface area contributed by atoms with E-state index in [2.05, 4.69) is 4.84 Å². The number of hydrogen-bond donors (Lipinski definition) is 0. The van der Waals surface area contributed by atoms with Crippen molar-refractivity contribution in [1.82, 2.24) is 5.06 Å². The molecule has 1 aliphatic heterocycles. The quantitative estimate of drug-likeness (QED) is 0.719. The maximum atomic E-state index is 13.6. The molecule has 0 spiro atoms. The van der Waals surface area contributed by atoms with Gasteiger partial charge in [-0.2, -0.15) is 13.2 Å². The summed E-state index contributed by atoms with van der Waals surface area (Å²) in [5.74, 6) is -6.16. The number of imide groups is 1. The minimum atomic E-state index is -4.92. The van der Waals surface area contributed by atoms with E-state index >= 15 is 0 Å². The van der Waals surface area contributed by atoms with Crippen LogP contribution in [0.1, 0.15) is 43.0 Å². The Morgan fingerprint density at radius 3 is 1.93 bits per heavy atom. The van der Waals surface area contributed by atoms with Crippen LogP contribution in [0, 0.1) is 26.7 Å². The molecule has 1 aliphatic rings. The average Bonchev–Trinajstić information content (AvgIpc) is 2.85. The molecule has 0 bridgehead atoms. The Labute approximate surface area is 165 Å². The maximum Gasteiger partial charge on any atom is 0.402 e. The zero-order chi connectivity index (χ0) is 21.5. The first-order valence-corrected chi connectivity index (χ1v) is 8.83. The number of hydrogen-bond acceptors (Lipinski definition) is 4. The minimum absolute atomic E-state index is 0.0286.